The van der Waals surface area contributed by atoms with Crippen molar-refractivity contribution in [1.29, 1.82) is 0 Å². The molecule has 214 valence electrons. The van der Waals surface area contributed by atoms with Crippen molar-refractivity contribution in [2.75, 3.05) is 0 Å². The second-order valence-electron chi connectivity index (χ2n) is 11.8. The van der Waals surface area contributed by atoms with Gasteiger partial charge in [0.05, 0.1) is 27.6 Å². The maximum Gasteiger partial charge on any atom is 0.162 e. The average Bonchev–Trinajstić information content (AvgIpc) is 3.64. The second-order valence-corrected chi connectivity index (χ2v) is 11.8. The van der Waals surface area contributed by atoms with Gasteiger partial charge in [-0.1, -0.05) is 121 Å². The van der Waals surface area contributed by atoms with Crippen molar-refractivity contribution in [2.24, 2.45) is 0 Å². The fourth-order valence-electron chi connectivity index (χ4n) is 7.26. The maximum absolute atomic E-state index is 5.36. The van der Waals surface area contributed by atoms with E-state index in [0.29, 0.717) is 5.82 Å². The van der Waals surface area contributed by atoms with Crippen molar-refractivity contribution < 1.29 is 0 Å². The molecule has 0 saturated heterocycles. The van der Waals surface area contributed by atoms with E-state index in [4.69, 9.17) is 9.97 Å². The largest absolute Gasteiger partial charge is 0.309 e. The number of hydrogen-bond acceptors (Lipinski definition) is 2. The van der Waals surface area contributed by atoms with Gasteiger partial charge in [-0.05, 0) is 41.8 Å². The molecule has 4 nitrogen and oxygen atoms in total. The first-order valence-electron chi connectivity index (χ1n) is 15.6. The molecule has 0 saturated carbocycles. The number of nitrogens with zero attached hydrogens (tertiary/aromatic N) is 4. The van der Waals surface area contributed by atoms with Crippen LogP contribution in [0.4, 0.5) is 0 Å². The van der Waals surface area contributed by atoms with Crippen molar-refractivity contribution in [3.8, 4) is 22.9 Å². The first-order chi connectivity index (χ1) is 22.8. The molecule has 3 aromatic heterocycles. The molecule has 0 unspecified atom stereocenters. The Morgan fingerprint density at radius 2 is 0.913 bits per heavy atom. The highest BCUT2D eigenvalue weighted by atomic mass is 15.1. The highest BCUT2D eigenvalue weighted by Crippen LogP contribution is 2.39. The topological polar surface area (TPSA) is 35.6 Å². The van der Waals surface area contributed by atoms with Crippen molar-refractivity contribution in [1.82, 2.24) is 19.1 Å². The maximum atomic E-state index is 5.36. The van der Waals surface area contributed by atoms with E-state index in [1.54, 1.807) is 0 Å². The van der Waals surface area contributed by atoms with Crippen LogP contribution in [0.25, 0.3) is 88.2 Å². The Bertz CT molecular complexity index is 2750. The summed E-state index contributed by atoms with van der Waals surface area (Å²) in [6.07, 6.45) is 0. The second kappa shape index (κ2) is 9.62. The van der Waals surface area contributed by atoms with Gasteiger partial charge in [-0.25, -0.2) is 9.97 Å². The zero-order valence-corrected chi connectivity index (χ0v) is 24.8. The van der Waals surface area contributed by atoms with Crippen LogP contribution < -0.4 is 0 Å². The molecule has 0 N–H and O–H groups in total. The lowest BCUT2D eigenvalue weighted by atomic mass is 10.1. The first-order valence-corrected chi connectivity index (χ1v) is 15.6. The molecule has 4 heteroatoms. The Morgan fingerprint density at radius 1 is 0.370 bits per heavy atom. The minimum atomic E-state index is 0.712. The summed E-state index contributed by atoms with van der Waals surface area (Å²) < 4.78 is 4.72. The van der Waals surface area contributed by atoms with Gasteiger partial charge in [0.25, 0.3) is 0 Å². The normalized spacial score (nSPS) is 11.9. The molecule has 10 rings (SSSR count). The van der Waals surface area contributed by atoms with E-state index in [2.05, 4.69) is 149 Å². The van der Waals surface area contributed by atoms with Gasteiger partial charge >= 0.3 is 0 Å². The van der Waals surface area contributed by atoms with E-state index in [0.717, 1.165) is 49.8 Å². The number of rotatable bonds is 3. The zero-order valence-electron chi connectivity index (χ0n) is 24.8. The van der Waals surface area contributed by atoms with Crippen LogP contribution in [0.15, 0.2) is 158 Å². The Morgan fingerprint density at radius 3 is 1.61 bits per heavy atom. The SMILES string of the molecule is c1ccc(-c2nc(-n3c4ccccc4c4ccc(-n5c6ccccc6c6ccccc65)cc43)c3ccc4ccccc4c3n2)cc1. The van der Waals surface area contributed by atoms with Gasteiger partial charge < -0.3 is 4.57 Å². The lowest BCUT2D eigenvalue weighted by molar-refractivity contribution is 1.07. The van der Waals surface area contributed by atoms with E-state index < -0.39 is 0 Å². The number of hydrogen-bond donors (Lipinski definition) is 0. The Hall–Kier alpha value is -6.26. The van der Waals surface area contributed by atoms with Crippen molar-refractivity contribution in [3.63, 3.8) is 0 Å². The molecule has 0 atom stereocenters. The summed E-state index contributed by atoms with van der Waals surface area (Å²) >= 11 is 0. The summed E-state index contributed by atoms with van der Waals surface area (Å²) in [6.45, 7) is 0. The third-order valence-corrected chi connectivity index (χ3v) is 9.31. The minimum absolute atomic E-state index is 0.712. The quantitative estimate of drug-likeness (QED) is 0.193. The molecule has 0 spiro atoms. The van der Waals surface area contributed by atoms with Gasteiger partial charge in [-0.2, -0.15) is 0 Å². The lowest BCUT2D eigenvalue weighted by Gasteiger charge is -2.15. The van der Waals surface area contributed by atoms with Crippen LogP contribution in [0, 0.1) is 0 Å². The molecule has 3 heterocycles. The molecule has 0 aliphatic rings. The lowest BCUT2D eigenvalue weighted by Crippen LogP contribution is -2.03. The minimum Gasteiger partial charge on any atom is -0.309 e. The molecule has 0 fully saturated rings. The van der Waals surface area contributed by atoms with Crippen LogP contribution >= 0.6 is 0 Å². The van der Waals surface area contributed by atoms with Crippen molar-refractivity contribution in [2.45, 2.75) is 0 Å². The molecule has 0 aliphatic carbocycles. The Balaban J connectivity index is 1.35. The van der Waals surface area contributed by atoms with Crippen LogP contribution in [-0.4, -0.2) is 19.1 Å². The third kappa shape index (κ3) is 3.55. The van der Waals surface area contributed by atoms with Crippen LogP contribution in [-0.2, 0) is 0 Å². The predicted molar refractivity (Wildman–Crippen MR) is 191 cm³/mol. The van der Waals surface area contributed by atoms with Gasteiger partial charge in [0, 0.05) is 43.6 Å². The van der Waals surface area contributed by atoms with E-state index >= 15 is 0 Å². The Kier molecular flexibility index (Phi) is 5.25. The fourth-order valence-corrected chi connectivity index (χ4v) is 7.26. The predicted octanol–water partition coefficient (Wildman–Crippen LogP) is 10.6. The molecule has 0 radical (unpaired) electrons. The smallest absolute Gasteiger partial charge is 0.162 e. The molecule has 46 heavy (non-hydrogen) atoms. The summed E-state index contributed by atoms with van der Waals surface area (Å²) in [5.74, 6) is 1.59. The van der Waals surface area contributed by atoms with Crippen LogP contribution in [0.5, 0.6) is 0 Å². The first kappa shape index (κ1) is 25.1. The zero-order chi connectivity index (χ0) is 30.2. The van der Waals surface area contributed by atoms with E-state index in [9.17, 15) is 0 Å². The van der Waals surface area contributed by atoms with Crippen LogP contribution in [0.3, 0.4) is 0 Å². The third-order valence-electron chi connectivity index (χ3n) is 9.31. The van der Waals surface area contributed by atoms with Gasteiger partial charge in [0.1, 0.15) is 5.82 Å². The summed E-state index contributed by atoms with van der Waals surface area (Å²) in [7, 11) is 0. The van der Waals surface area contributed by atoms with Gasteiger partial charge in [0.15, 0.2) is 5.82 Å². The molecule has 10 aromatic rings. The van der Waals surface area contributed by atoms with Crippen molar-refractivity contribution in [3.05, 3.63) is 158 Å². The van der Waals surface area contributed by atoms with Crippen molar-refractivity contribution >= 4 is 65.3 Å². The molecular weight excluding hydrogens is 560 g/mol. The highest BCUT2D eigenvalue weighted by molar-refractivity contribution is 6.14. The standard InChI is InChI=1S/C42H26N4/c1-2-13-28(14-3-1)41-43-40-30-15-5-4-12-27(30)22-24-35(40)42(44-41)46-38-21-11-8-18-33(38)34-25-23-29(26-39(34)46)45-36-19-9-6-16-31(36)32-17-7-10-20-37(32)45/h1-26H. The number of para-hydroxylation sites is 3. The fraction of sp³-hybridized carbons (Fsp3) is 0. The van der Waals surface area contributed by atoms with Crippen LogP contribution in [0.1, 0.15) is 0 Å². The molecule has 0 aliphatic heterocycles. The molecule has 0 amide bonds. The Labute approximate surface area is 264 Å². The number of benzene rings is 7. The summed E-state index contributed by atoms with van der Waals surface area (Å²) in [5.41, 5.74) is 7.65. The number of aromatic nitrogens is 4. The summed E-state index contributed by atoms with van der Waals surface area (Å²) in [5, 5.41) is 8.18. The van der Waals surface area contributed by atoms with Gasteiger partial charge in [-0.3, -0.25) is 4.57 Å². The van der Waals surface area contributed by atoms with Crippen LogP contribution in [0.2, 0.25) is 0 Å². The van der Waals surface area contributed by atoms with Gasteiger partial charge in [0.2, 0.25) is 0 Å². The number of fused-ring (bicyclic) bond motifs is 9. The van der Waals surface area contributed by atoms with E-state index in [1.807, 2.05) is 18.2 Å². The van der Waals surface area contributed by atoms with Gasteiger partial charge in [-0.15, -0.1) is 0 Å². The highest BCUT2D eigenvalue weighted by Gasteiger charge is 2.20. The van der Waals surface area contributed by atoms with E-state index in [1.165, 1.54) is 32.6 Å². The summed E-state index contributed by atoms with van der Waals surface area (Å²) in [6, 6.07) is 56.0. The van der Waals surface area contributed by atoms with E-state index in [-0.39, 0.29) is 0 Å². The molecule has 7 aromatic carbocycles. The average molecular weight is 587 g/mol. The molecular formula is C42H26N4. The summed E-state index contributed by atoms with van der Waals surface area (Å²) in [4.78, 5) is 10.6. The molecule has 0 bridgehead atoms. The monoisotopic (exact) mass is 586 g/mol.